The fraction of sp³-hybridized carbons (Fsp3) is 0.333. The Labute approximate surface area is 99.9 Å². The zero-order valence-electron chi connectivity index (χ0n) is 9.37. The van der Waals surface area contributed by atoms with Gasteiger partial charge in [-0.25, -0.2) is 9.97 Å². The number of rotatable bonds is 3. The van der Waals surface area contributed by atoms with E-state index in [9.17, 15) is 0 Å². The van der Waals surface area contributed by atoms with Gasteiger partial charge in [0, 0.05) is 6.54 Å². The zero-order valence-corrected chi connectivity index (χ0v) is 10.1. The number of anilines is 1. The molecule has 0 atom stereocenters. The first-order valence-electron chi connectivity index (χ1n) is 5.33. The summed E-state index contributed by atoms with van der Waals surface area (Å²) in [6.45, 7) is 5.11. The number of hydrogen-bond donors (Lipinski definition) is 1. The van der Waals surface area contributed by atoms with Crippen molar-refractivity contribution in [3.63, 3.8) is 0 Å². The Morgan fingerprint density at radius 2 is 1.81 bits per heavy atom. The lowest BCUT2D eigenvalue weighted by Crippen LogP contribution is -2.10. The predicted molar refractivity (Wildman–Crippen MR) is 67.9 cm³/mol. The first kappa shape index (κ1) is 11.1. The van der Waals surface area contributed by atoms with Crippen molar-refractivity contribution >= 4 is 28.5 Å². The SMILES string of the molecule is CC(C)CNc1nc2ccccc2nc1Cl. The van der Waals surface area contributed by atoms with Gasteiger partial charge in [0.1, 0.15) is 0 Å². The first-order valence-corrected chi connectivity index (χ1v) is 5.71. The monoisotopic (exact) mass is 235 g/mol. The van der Waals surface area contributed by atoms with Gasteiger partial charge in [0.25, 0.3) is 0 Å². The van der Waals surface area contributed by atoms with E-state index < -0.39 is 0 Å². The van der Waals surface area contributed by atoms with Crippen molar-refractivity contribution in [3.05, 3.63) is 29.4 Å². The highest BCUT2D eigenvalue weighted by molar-refractivity contribution is 6.32. The summed E-state index contributed by atoms with van der Waals surface area (Å²) in [4.78, 5) is 8.74. The van der Waals surface area contributed by atoms with E-state index in [0.717, 1.165) is 17.6 Å². The highest BCUT2D eigenvalue weighted by atomic mass is 35.5. The van der Waals surface area contributed by atoms with Crippen LogP contribution in [-0.2, 0) is 0 Å². The van der Waals surface area contributed by atoms with Crippen molar-refractivity contribution in [1.29, 1.82) is 0 Å². The first-order chi connectivity index (χ1) is 7.66. The van der Waals surface area contributed by atoms with Gasteiger partial charge in [0.05, 0.1) is 11.0 Å². The Balaban J connectivity index is 2.34. The van der Waals surface area contributed by atoms with Crippen LogP contribution in [0.3, 0.4) is 0 Å². The van der Waals surface area contributed by atoms with Gasteiger partial charge in [0.2, 0.25) is 0 Å². The molecular weight excluding hydrogens is 222 g/mol. The summed E-state index contributed by atoms with van der Waals surface area (Å²) in [5.74, 6) is 1.21. The molecule has 0 spiro atoms. The largest absolute Gasteiger partial charge is 0.367 e. The molecule has 1 N–H and O–H groups in total. The second kappa shape index (κ2) is 4.66. The van der Waals surface area contributed by atoms with Crippen molar-refractivity contribution in [2.75, 3.05) is 11.9 Å². The van der Waals surface area contributed by atoms with Crippen LogP contribution in [0.25, 0.3) is 11.0 Å². The molecule has 2 rings (SSSR count). The summed E-state index contributed by atoms with van der Waals surface area (Å²) in [6.07, 6.45) is 0. The average Bonchev–Trinajstić information content (AvgIpc) is 2.26. The molecule has 0 bridgehead atoms. The number of nitrogens with zero attached hydrogens (tertiary/aromatic N) is 2. The maximum absolute atomic E-state index is 6.05. The van der Waals surface area contributed by atoms with Crippen LogP contribution in [0, 0.1) is 5.92 Å². The van der Waals surface area contributed by atoms with E-state index in [-0.39, 0.29) is 0 Å². The molecule has 4 heteroatoms. The normalized spacial score (nSPS) is 11.0. The van der Waals surface area contributed by atoms with Crippen LogP contribution < -0.4 is 5.32 Å². The lowest BCUT2D eigenvalue weighted by atomic mass is 10.2. The van der Waals surface area contributed by atoms with Gasteiger partial charge in [-0.3, -0.25) is 0 Å². The number of aromatic nitrogens is 2. The molecule has 0 aliphatic rings. The smallest absolute Gasteiger partial charge is 0.172 e. The summed E-state index contributed by atoms with van der Waals surface area (Å²) >= 11 is 6.05. The number of hydrogen-bond acceptors (Lipinski definition) is 3. The van der Waals surface area contributed by atoms with E-state index >= 15 is 0 Å². The molecule has 0 radical (unpaired) electrons. The lowest BCUT2D eigenvalue weighted by Gasteiger charge is -2.09. The number of nitrogens with one attached hydrogen (secondary N) is 1. The van der Waals surface area contributed by atoms with Crippen molar-refractivity contribution in [2.45, 2.75) is 13.8 Å². The second-order valence-electron chi connectivity index (χ2n) is 4.13. The molecule has 0 fully saturated rings. The van der Waals surface area contributed by atoms with Crippen molar-refractivity contribution < 1.29 is 0 Å². The van der Waals surface area contributed by atoms with Crippen LogP contribution in [0.15, 0.2) is 24.3 Å². The molecule has 0 saturated carbocycles. The molecule has 0 aliphatic heterocycles. The van der Waals surface area contributed by atoms with E-state index in [1.807, 2.05) is 24.3 Å². The Hall–Kier alpha value is -1.35. The molecule has 1 heterocycles. The Morgan fingerprint density at radius 1 is 1.19 bits per heavy atom. The molecule has 0 aliphatic carbocycles. The predicted octanol–water partition coefficient (Wildman–Crippen LogP) is 3.35. The average molecular weight is 236 g/mol. The van der Waals surface area contributed by atoms with E-state index in [2.05, 4.69) is 29.1 Å². The summed E-state index contributed by atoms with van der Waals surface area (Å²) in [5.41, 5.74) is 1.68. The van der Waals surface area contributed by atoms with Crippen LogP contribution in [0.2, 0.25) is 5.15 Å². The van der Waals surface area contributed by atoms with Gasteiger partial charge in [-0.1, -0.05) is 37.6 Å². The highest BCUT2D eigenvalue weighted by Gasteiger charge is 2.06. The third-order valence-corrected chi connectivity index (χ3v) is 2.47. The van der Waals surface area contributed by atoms with Crippen LogP contribution >= 0.6 is 11.6 Å². The number of benzene rings is 1. The second-order valence-corrected chi connectivity index (χ2v) is 4.48. The van der Waals surface area contributed by atoms with Gasteiger partial charge in [-0.2, -0.15) is 0 Å². The Kier molecular flexibility index (Phi) is 3.25. The quantitative estimate of drug-likeness (QED) is 0.887. The summed E-state index contributed by atoms with van der Waals surface area (Å²) in [6, 6.07) is 7.70. The van der Waals surface area contributed by atoms with Crippen LogP contribution in [0.4, 0.5) is 5.82 Å². The van der Waals surface area contributed by atoms with E-state index in [1.165, 1.54) is 0 Å². The molecule has 1 aromatic carbocycles. The third kappa shape index (κ3) is 2.42. The maximum Gasteiger partial charge on any atom is 0.172 e. The number of fused-ring (bicyclic) bond motifs is 1. The molecule has 2 aromatic rings. The van der Waals surface area contributed by atoms with Crippen molar-refractivity contribution in [1.82, 2.24) is 9.97 Å². The lowest BCUT2D eigenvalue weighted by molar-refractivity contribution is 0.687. The molecule has 1 aromatic heterocycles. The van der Waals surface area contributed by atoms with E-state index in [0.29, 0.717) is 16.9 Å². The third-order valence-electron chi connectivity index (χ3n) is 2.21. The van der Waals surface area contributed by atoms with Gasteiger partial charge < -0.3 is 5.32 Å². The van der Waals surface area contributed by atoms with Gasteiger partial charge >= 0.3 is 0 Å². The molecule has 0 saturated heterocycles. The van der Waals surface area contributed by atoms with Crippen molar-refractivity contribution in [2.24, 2.45) is 5.92 Å². The molecule has 3 nitrogen and oxygen atoms in total. The van der Waals surface area contributed by atoms with Crippen molar-refractivity contribution in [3.8, 4) is 0 Å². The standard InChI is InChI=1S/C12H14ClN3/c1-8(2)7-14-12-11(13)15-9-5-3-4-6-10(9)16-12/h3-6,8H,7H2,1-2H3,(H,14,16). The van der Waals surface area contributed by atoms with Gasteiger partial charge in [-0.05, 0) is 18.1 Å². The minimum absolute atomic E-state index is 0.430. The van der Waals surface area contributed by atoms with E-state index in [1.54, 1.807) is 0 Å². The fourth-order valence-electron chi connectivity index (χ4n) is 1.39. The van der Waals surface area contributed by atoms with Crippen LogP contribution in [0.5, 0.6) is 0 Å². The molecule has 0 amide bonds. The summed E-state index contributed by atoms with van der Waals surface area (Å²) < 4.78 is 0. The molecule has 16 heavy (non-hydrogen) atoms. The Morgan fingerprint density at radius 3 is 2.44 bits per heavy atom. The minimum atomic E-state index is 0.430. The molecule has 0 unspecified atom stereocenters. The van der Waals surface area contributed by atoms with Crippen LogP contribution in [-0.4, -0.2) is 16.5 Å². The fourth-order valence-corrected chi connectivity index (χ4v) is 1.59. The molecular formula is C12H14ClN3. The maximum atomic E-state index is 6.05. The highest BCUT2D eigenvalue weighted by Crippen LogP contribution is 2.20. The topological polar surface area (TPSA) is 37.8 Å². The Bertz CT molecular complexity index is 497. The molecule has 84 valence electrons. The summed E-state index contributed by atoms with van der Waals surface area (Å²) in [5, 5.41) is 3.63. The number of halogens is 1. The van der Waals surface area contributed by atoms with Crippen LogP contribution in [0.1, 0.15) is 13.8 Å². The summed E-state index contributed by atoms with van der Waals surface area (Å²) in [7, 11) is 0. The van der Waals surface area contributed by atoms with Gasteiger partial charge in [0.15, 0.2) is 11.0 Å². The van der Waals surface area contributed by atoms with Gasteiger partial charge in [-0.15, -0.1) is 0 Å². The van der Waals surface area contributed by atoms with E-state index in [4.69, 9.17) is 11.6 Å². The minimum Gasteiger partial charge on any atom is -0.367 e. The zero-order chi connectivity index (χ0) is 11.5. The number of para-hydroxylation sites is 2.